The van der Waals surface area contributed by atoms with Gasteiger partial charge in [0, 0.05) is 25.4 Å². The Hall–Kier alpha value is -2.74. The monoisotopic (exact) mass is 403 g/mol. The summed E-state index contributed by atoms with van der Waals surface area (Å²) >= 11 is 0. The van der Waals surface area contributed by atoms with Crippen LogP contribution in [0.25, 0.3) is 32.8 Å². The van der Waals surface area contributed by atoms with E-state index in [4.69, 9.17) is 8.22 Å². The van der Waals surface area contributed by atoms with Crippen LogP contribution in [0.3, 0.4) is 0 Å². The minimum atomic E-state index is -2.48. The van der Waals surface area contributed by atoms with Crippen molar-refractivity contribution in [1.29, 1.82) is 0 Å². The van der Waals surface area contributed by atoms with E-state index in [1.807, 2.05) is 6.07 Å². The maximum atomic E-state index is 14.5. The molecule has 3 aromatic carbocycles. The lowest BCUT2D eigenvalue weighted by Crippen LogP contribution is -2.07. The van der Waals surface area contributed by atoms with E-state index in [0.29, 0.717) is 17.2 Å². The van der Waals surface area contributed by atoms with Gasteiger partial charge in [0.05, 0.1) is 5.69 Å². The van der Waals surface area contributed by atoms with Gasteiger partial charge in [-0.3, -0.25) is 4.98 Å². The van der Waals surface area contributed by atoms with Crippen molar-refractivity contribution in [3.8, 4) is 11.3 Å². The molecule has 30 heavy (non-hydrogen) atoms. The van der Waals surface area contributed by atoms with Gasteiger partial charge in [0.15, 0.2) is 0 Å². The van der Waals surface area contributed by atoms with Gasteiger partial charge in [-0.2, -0.15) is 0 Å². The first-order valence-electron chi connectivity index (χ1n) is 13.6. The van der Waals surface area contributed by atoms with Crippen molar-refractivity contribution in [2.45, 2.75) is 52.2 Å². The van der Waals surface area contributed by atoms with Gasteiger partial charge in [0.1, 0.15) is 5.82 Å². The highest BCUT2D eigenvalue weighted by molar-refractivity contribution is 6.14. The average molecular weight is 404 g/mol. The van der Waals surface area contributed by atoms with Gasteiger partial charge in [0.25, 0.3) is 0 Å². The Balaban J connectivity index is 1.81. The lowest BCUT2D eigenvalue weighted by atomic mass is 9.82. The van der Waals surface area contributed by atoms with Crippen LogP contribution in [-0.4, -0.2) is 4.98 Å². The molecule has 1 atom stereocenters. The summed E-state index contributed by atoms with van der Waals surface area (Å²) in [5.41, 5.74) is 1.90. The van der Waals surface area contributed by atoms with Crippen LogP contribution in [-0.2, 0) is 0 Å². The third-order valence-corrected chi connectivity index (χ3v) is 6.66. The first-order valence-corrected chi connectivity index (χ1v) is 10.6. The Morgan fingerprint density at radius 1 is 0.967 bits per heavy atom. The summed E-state index contributed by atoms with van der Waals surface area (Å²) in [6, 6.07) is 13.0. The van der Waals surface area contributed by atoms with E-state index in [0.717, 1.165) is 39.9 Å². The fraction of sp³-hybridized carbons (Fsp3) is 0.321. The quantitative estimate of drug-likeness (QED) is 0.315. The third-order valence-electron chi connectivity index (χ3n) is 6.66. The fourth-order valence-corrected chi connectivity index (χ4v) is 5.17. The molecular weight excluding hydrogens is 369 g/mol. The number of hydrogen-bond donors (Lipinski definition) is 0. The zero-order valence-electron chi connectivity index (χ0n) is 23.0. The molecule has 1 heterocycles. The maximum absolute atomic E-state index is 14.5. The lowest BCUT2D eigenvalue weighted by Gasteiger charge is -2.23. The van der Waals surface area contributed by atoms with Crippen LogP contribution in [0.15, 0.2) is 54.7 Å². The van der Waals surface area contributed by atoms with Crippen molar-refractivity contribution in [2.75, 3.05) is 0 Å². The Bertz CT molecular complexity index is 1420. The van der Waals surface area contributed by atoms with E-state index in [1.165, 1.54) is 37.1 Å². The van der Waals surface area contributed by atoms with Gasteiger partial charge in [0.2, 0.25) is 0 Å². The molecule has 5 rings (SSSR count). The van der Waals surface area contributed by atoms with Crippen molar-refractivity contribution in [1.82, 2.24) is 4.98 Å². The molecule has 152 valence electrons. The smallest absolute Gasteiger partial charge is 0.123 e. The van der Waals surface area contributed by atoms with Crippen molar-refractivity contribution in [2.24, 2.45) is 5.92 Å². The molecule has 1 unspecified atom stereocenters. The first kappa shape index (κ1) is 13.5. The molecule has 0 bridgehead atoms. The van der Waals surface area contributed by atoms with E-state index < -0.39 is 13.7 Å². The summed E-state index contributed by atoms with van der Waals surface area (Å²) in [4.78, 5) is 4.59. The zero-order valence-corrected chi connectivity index (χ0v) is 17.0. The predicted molar refractivity (Wildman–Crippen MR) is 124 cm³/mol. The molecule has 0 amide bonds. The Morgan fingerprint density at radius 3 is 2.47 bits per heavy atom. The average Bonchev–Trinajstić information content (AvgIpc) is 3.36. The molecule has 1 aromatic heterocycles. The van der Waals surface area contributed by atoms with Gasteiger partial charge in [-0.15, -0.1) is 0 Å². The molecule has 4 aromatic rings. The standard InChI is InChI=1S/C28H28FN/c1-17-12-18(2)14-22(13-17)28-27-21(10-11-30-28)15-25(19(3)20-6-4-5-7-20)26-16-23(29)8-9-24(26)27/h8-16,19-20H,4-7H2,1-3H3/i1D3,2D3. The molecule has 0 saturated heterocycles. The number of nitrogens with zero attached hydrogens (tertiary/aromatic N) is 1. The number of benzene rings is 3. The molecule has 0 spiro atoms. The van der Waals surface area contributed by atoms with E-state index >= 15 is 0 Å². The summed E-state index contributed by atoms with van der Waals surface area (Å²) in [7, 11) is 0. The van der Waals surface area contributed by atoms with Gasteiger partial charge < -0.3 is 0 Å². The summed E-state index contributed by atoms with van der Waals surface area (Å²) in [6.07, 6.45) is 6.42. The minimum Gasteiger partial charge on any atom is -0.256 e. The van der Waals surface area contributed by atoms with E-state index in [9.17, 15) is 4.39 Å². The molecule has 2 heteroatoms. The molecule has 1 fully saturated rings. The summed E-state index contributed by atoms with van der Waals surface area (Å²) < 4.78 is 61.9. The molecule has 1 aliphatic carbocycles. The van der Waals surface area contributed by atoms with E-state index in [2.05, 4.69) is 18.0 Å². The van der Waals surface area contributed by atoms with Crippen LogP contribution in [0.1, 0.15) is 63.4 Å². The topological polar surface area (TPSA) is 12.9 Å². The molecule has 0 N–H and O–H groups in total. The summed E-state index contributed by atoms with van der Waals surface area (Å²) in [5.74, 6) is 0.494. The second kappa shape index (κ2) is 7.50. The van der Waals surface area contributed by atoms with E-state index in [-0.39, 0.29) is 22.9 Å². The highest BCUT2D eigenvalue weighted by Crippen LogP contribution is 2.43. The molecular formula is C28H28FN. The molecule has 0 aliphatic heterocycles. The minimum absolute atomic E-state index is 0.0493. The first-order chi connectivity index (χ1) is 16.9. The number of aromatic nitrogens is 1. The molecule has 0 radical (unpaired) electrons. The largest absolute Gasteiger partial charge is 0.256 e. The number of fused-ring (bicyclic) bond motifs is 3. The molecule has 1 nitrogen and oxygen atoms in total. The number of hydrogen-bond acceptors (Lipinski definition) is 1. The van der Waals surface area contributed by atoms with Crippen LogP contribution in [0.4, 0.5) is 4.39 Å². The van der Waals surface area contributed by atoms with Crippen LogP contribution >= 0.6 is 0 Å². The number of pyridine rings is 1. The second-order valence-electron chi connectivity index (χ2n) is 8.55. The molecule has 1 saturated carbocycles. The van der Waals surface area contributed by atoms with Crippen LogP contribution in [0, 0.1) is 25.4 Å². The van der Waals surface area contributed by atoms with Crippen molar-refractivity contribution in [3.05, 3.63) is 77.2 Å². The zero-order chi connectivity index (χ0) is 25.8. The highest BCUT2D eigenvalue weighted by Gasteiger charge is 2.25. The number of halogens is 1. The highest BCUT2D eigenvalue weighted by atomic mass is 19.1. The van der Waals surface area contributed by atoms with Crippen molar-refractivity contribution in [3.63, 3.8) is 0 Å². The number of aryl methyl sites for hydroxylation is 2. The summed E-state index contributed by atoms with van der Waals surface area (Å²) in [6.45, 7) is -2.74. The Labute approximate surface area is 186 Å². The van der Waals surface area contributed by atoms with Crippen LogP contribution in [0.2, 0.25) is 0 Å². The van der Waals surface area contributed by atoms with Crippen LogP contribution < -0.4 is 0 Å². The van der Waals surface area contributed by atoms with Crippen LogP contribution in [0.5, 0.6) is 0 Å². The third kappa shape index (κ3) is 3.29. The Morgan fingerprint density at radius 2 is 1.73 bits per heavy atom. The van der Waals surface area contributed by atoms with Gasteiger partial charge in [-0.05, 0) is 90.4 Å². The van der Waals surface area contributed by atoms with Gasteiger partial charge in [-0.1, -0.05) is 49.1 Å². The van der Waals surface area contributed by atoms with Gasteiger partial charge >= 0.3 is 0 Å². The van der Waals surface area contributed by atoms with Crippen molar-refractivity contribution < 1.29 is 12.6 Å². The van der Waals surface area contributed by atoms with Crippen molar-refractivity contribution >= 4 is 21.5 Å². The lowest BCUT2D eigenvalue weighted by molar-refractivity contribution is 0.463. The second-order valence-corrected chi connectivity index (χ2v) is 8.55. The van der Waals surface area contributed by atoms with Gasteiger partial charge in [-0.25, -0.2) is 4.39 Å². The maximum Gasteiger partial charge on any atom is 0.123 e. The predicted octanol–water partition coefficient (Wildman–Crippen LogP) is 8.10. The normalized spacial score (nSPS) is 19.7. The Kier molecular flexibility index (Phi) is 3.39. The summed E-state index contributed by atoms with van der Waals surface area (Å²) in [5, 5.41) is 3.31. The number of rotatable bonds is 3. The SMILES string of the molecule is [2H]C([2H])([2H])c1cc(-c2nccc3cc(C(C)C4CCCC4)c4cc(F)ccc4c23)cc(C([2H])([2H])[2H])c1. The fourth-order valence-electron chi connectivity index (χ4n) is 5.17. The molecule has 1 aliphatic rings. The van der Waals surface area contributed by atoms with E-state index in [1.54, 1.807) is 18.3 Å².